The van der Waals surface area contributed by atoms with E-state index in [4.69, 9.17) is 5.73 Å². The summed E-state index contributed by atoms with van der Waals surface area (Å²) in [6.45, 7) is 3.92. The van der Waals surface area contributed by atoms with E-state index < -0.39 is 0 Å². The Labute approximate surface area is 133 Å². The zero-order chi connectivity index (χ0) is 16.2. The van der Waals surface area contributed by atoms with Crippen molar-refractivity contribution in [2.75, 3.05) is 16.4 Å². The molecule has 8 nitrogen and oxygen atoms in total. The molecule has 8 heteroatoms. The lowest BCUT2D eigenvalue weighted by Gasteiger charge is -2.08. The lowest BCUT2D eigenvalue weighted by Crippen LogP contribution is -2.07. The first-order valence-corrected chi connectivity index (χ1v) is 7.29. The number of aryl methyl sites for hydroxylation is 2. The van der Waals surface area contributed by atoms with Gasteiger partial charge >= 0.3 is 0 Å². The molecule has 118 valence electrons. The topological polar surface area (TPSA) is 117 Å². The molecule has 2 aromatic heterocycles. The van der Waals surface area contributed by atoms with Crippen LogP contribution < -0.4 is 16.4 Å². The molecule has 0 radical (unpaired) electrons. The van der Waals surface area contributed by atoms with Gasteiger partial charge < -0.3 is 16.4 Å². The minimum atomic E-state index is 0.446. The number of aromatic nitrogens is 5. The molecule has 2 heterocycles. The van der Waals surface area contributed by atoms with Crippen molar-refractivity contribution in [3.63, 3.8) is 0 Å². The minimum absolute atomic E-state index is 0.446. The summed E-state index contributed by atoms with van der Waals surface area (Å²) < 4.78 is 0. The van der Waals surface area contributed by atoms with Gasteiger partial charge in [-0.3, -0.25) is 5.10 Å². The van der Waals surface area contributed by atoms with Crippen molar-refractivity contribution in [2.45, 2.75) is 20.3 Å². The van der Waals surface area contributed by atoms with Crippen LogP contribution in [0.3, 0.4) is 0 Å². The first kappa shape index (κ1) is 14.8. The Morgan fingerprint density at radius 3 is 2.35 bits per heavy atom. The van der Waals surface area contributed by atoms with Crippen molar-refractivity contribution >= 4 is 29.1 Å². The van der Waals surface area contributed by atoms with Crippen molar-refractivity contribution in [3.05, 3.63) is 41.9 Å². The number of hydrogen-bond acceptors (Lipinski definition) is 7. The van der Waals surface area contributed by atoms with E-state index in [0.29, 0.717) is 35.6 Å². The molecule has 0 atom stereocenters. The third-order valence-corrected chi connectivity index (χ3v) is 3.11. The fourth-order valence-corrected chi connectivity index (χ4v) is 1.98. The second-order valence-corrected chi connectivity index (χ2v) is 5.06. The van der Waals surface area contributed by atoms with Gasteiger partial charge in [0.05, 0.1) is 0 Å². The zero-order valence-corrected chi connectivity index (χ0v) is 13.0. The number of rotatable bonds is 5. The Morgan fingerprint density at radius 1 is 1.04 bits per heavy atom. The predicted molar refractivity (Wildman–Crippen MR) is 89.9 cm³/mol. The van der Waals surface area contributed by atoms with Gasteiger partial charge in [-0.2, -0.15) is 20.1 Å². The standard InChI is InChI=1S/C15H18N8/c1-3-12-18-14(17-11-6-4-10(16)5-7-11)21-15(19-12)20-13-8-9(2)22-23-13/h4-8H,3,16H2,1-2H3,(H3,17,18,19,20,21,22,23). The van der Waals surface area contributed by atoms with Gasteiger partial charge in [0, 0.05) is 29.6 Å². The molecule has 1 aromatic carbocycles. The first-order valence-electron chi connectivity index (χ1n) is 7.29. The molecule has 5 N–H and O–H groups in total. The van der Waals surface area contributed by atoms with Crippen LogP contribution in [0.1, 0.15) is 18.4 Å². The SMILES string of the molecule is CCc1nc(Nc2ccc(N)cc2)nc(Nc2cc(C)[nH]n2)n1. The molecule has 0 bridgehead atoms. The normalized spacial score (nSPS) is 10.5. The first-order chi connectivity index (χ1) is 11.1. The van der Waals surface area contributed by atoms with E-state index in [1.165, 1.54) is 0 Å². The Morgan fingerprint density at radius 2 is 1.74 bits per heavy atom. The largest absolute Gasteiger partial charge is 0.399 e. The Kier molecular flexibility index (Phi) is 4.05. The van der Waals surface area contributed by atoms with Gasteiger partial charge in [0.15, 0.2) is 5.82 Å². The maximum absolute atomic E-state index is 5.69. The maximum Gasteiger partial charge on any atom is 0.233 e. The number of H-pyrrole nitrogens is 1. The van der Waals surface area contributed by atoms with Crippen LogP contribution in [-0.4, -0.2) is 25.1 Å². The highest BCUT2D eigenvalue weighted by molar-refractivity contribution is 5.58. The summed E-state index contributed by atoms with van der Waals surface area (Å²) in [5.41, 5.74) is 8.21. The van der Waals surface area contributed by atoms with Crippen LogP contribution in [0.15, 0.2) is 30.3 Å². The molecule has 0 unspecified atom stereocenters. The smallest absolute Gasteiger partial charge is 0.233 e. The van der Waals surface area contributed by atoms with Crippen molar-refractivity contribution in [2.24, 2.45) is 0 Å². The molecule has 0 spiro atoms. The maximum atomic E-state index is 5.69. The highest BCUT2D eigenvalue weighted by atomic mass is 15.3. The molecule has 0 amide bonds. The molecule has 0 aliphatic heterocycles. The summed E-state index contributed by atoms with van der Waals surface area (Å²) in [5.74, 6) is 2.26. The molecule has 0 aliphatic rings. The van der Waals surface area contributed by atoms with Gasteiger partial charge in [0.25, 0.3) is 0 Å². The van der Waals surface area contributed by atoms with E-state index in [-0.39, 0.29) is 0 Å². The second kappa shape index (κ2) is 6.30. The summed E-state index contributed by atoms with van der Waals surface area (Å²) in [7, 11) is 0. The third kappa shape index (κ3) is 3.73. The van der Waals surface area contributed by atoms with E-state index in [1.807, 2.05) is 44.2 Å². The van der Waals surface area contributed by atoms with Crippen LogP contribution in [-0.2, 0) is 6.42 Å². The van der Waals surface area contributed by atoms with E-state index in [1.54, 1.807) is 0 Å². The monoisotopic (exact) mass is 310 g/mol. The van der Waals surface area contributed by atoms with Crippen molar-refractivity contribution in [1.82, 2.24) is 25.1 Å². The third-order valence-electron chi connectivity index (χ3n) is 3.11. The molecule has 0 aliphatic carbocycles. The van der Waals surface area contributed by atoms with E-state index in [2.05, 4.69) is 35.8 Å². The Hall–Kier alpha value is -3.16. The van der Waals surface area contributed by atoms with Crippen LogP contribution in [0.2, 0.25) is 0 Å². The van der Waals surface area contributed by atoms with E-state index in [9.17, 15) is 0 Å². The fraction of sp³-hybridized carbons (Fsp3) is 0.200. The molecule has 3 rings (SSSR count). The Balaban J connectivity index is 1.84. The van der Waals surface area contributed by atoms with Gasteiger partial charge in [-0.1, -0.05) is 6.92 Å². The number of nitrogens with one attached hydrogen (secondary N) is 3. The summed E-state index contributed by atoms with van der Waals surface area (Å²) in [4.78, 5) is 13.1. The quantitative estimate of drug-likeness (QED) is 0.535. The fourth-order valence-electron chi connectivity index (χ4n) is 1.98. The molecule has 0 saturated carbocycles. The molecule has 3 aromatic rings. The number of aromatic amines is 1. The number of anilines is 5. The van der Waals surface area contributed by atoms with Gasteiger partial charge in [-0.05, 0) is 31.2 Å². The second-order valence-electron chi connectivity index (χ2n) is 5.06. The predicted octanol–water partition coefficient (Wildman–Crippen LogP) is 2.53. The van der Waals surface area contributed by atoms with Gasteiger partial charge in [0.2, 0.25) is 11.9 Å². The lowest BCUT2D eigenvalue weighted by molar-refractivity contribution is 0.908. The number of nitrogens with two attached hydrogens (primary N) is 1. The zero-order valence-electron chi connectivity index (χ0n) is 13.0. The molecule has 0 saturated heterocycles. The average molecular weight is 310 g/mol. The van der Waals surface area contributed by atoms with Gasteiger partial charge in [-0.25, -0.2) is 0 Å². The van der Waals surface area contributed by atoms with Gasteiger partial charge in [-0.15, -0.1) is 0 Å². The van der Waals surface area contributed by atoms with E-state index in [0.717, 1.165) is 11.4 Å². The van der Waals surface area contributed by atoms with Crippen molar-refractivity contribution in [1.29, 1.82) is 0 Å². The number of nitrogens with zero attached hydrogens (tertiary/aromatic N) is 4. The molecule has 23 heavy (non-hydrogen) atoms. The Bertz CT molecular complexity index is 793. The van der Waals surface area contributed by atoms with Crippen LogP contribution in [0, 0.1) is 6.92 Å². The summed E-state index contributed by atoms with van der Waals surface area (Å²) >= 11 is 0. The number of benzene rings is 1. The highest BCUT2D eigenvalue weighted by Crippen LogP contribution is 2.17. The van der Waals surface area contributed by atoms with Crippen LogP contribution >= 0.6 is 0 Å². The van der Waals surface area contributed by atoms with E-state index >= 15 is 0 Å². The van der Waals surface area contributed by atoms with Gasteiger partial charge in [0.1, 0.15) is 5.82 Å². The van der Waals surface area contributed by atoms with Crippen molar-refractivity contribution < 1.29 is 0 Å². The highest BCUT2D eigenvalue weighted by Gasteiger charge is 2.07. The van der Waals surface area contributed by atoms with Crippen LogP contribution in [0.4, 0.5) is 29.1 Å². The molecular weight excluding hydrogens is 292 g/mol. The number of nitrogen functional groups attached to an aromatic ring is 1. The van der Waals surface area contributed by atoms with Crippen LogP contribution in [0.5, 0.6) is 0 Å². The average Bonchev–Trinajstić information content (AvgIpc) is 2.94. The van der Waals surface area contributed by atoms with Crippen molar-refractivity contribution in [3.8, 4) is 0 Å². The molecule has 0 fully saturated rings. The lowest BCUT2D eigenvalue weighted by atomic mass is 10.3. The minimum Gasteiger partial charge on any atom is -0.399 e. The number of hydrogen-bond donors (Lipinski definition) is 4. The summed E-state index contributed by atoms with van der Waals surface area (Å²) in [6.07, 6.45) is 0.702. The summed E-state index contributed by atoms with van der Waals surface area (Å²) in [5, 5.41) is 13.2. The van der Waals surface area contributed by atoms with Crippen LogP contribution in [0.25, 0.3) is 0 Å². The summed E-state index contributed by atoms with van der Waals surface area (Å²) in [6, 6.07) is 9.25. The molecular formula is C15H18N8.